The van der Waals surface area contributed by atoms with Crippen molar-refractivity contribution in [2.24, 2.45) is 5.41 Å². The first kappa shape index (κ1) is 24.1. The van der Waals surface area contributed by atoms with Crippen molar-refractivity contribution in [2.45, 2.75) is 53.6 Å². The third-order valence-electron chi connectivity index (χ3n) is 5.68. The van der Waals surface area contributed by atoms with Crippen LogP contribution in [0.25, 0.3) is 17.1 Å². The minimum atomic E-state index is -0.174. The Balaban J connectivity index is 1.91. The predicted molar refractivity (Wildman–Crippen MR) is 136 cm³/mol. The molecule has 34 heavy (non-hydrogen) atoms. The number of hydrogen-bond donors (Lipinski definition) is 1. The minimum Gasteiger partial charge on any atom is -0.493 e. The molecule has 1 aliphatic heterocycles. The Morgan fingerprint density at radius 1 is 1.18 bits per heavy atom. The number of hydrogen-bond acceptors (Lipinski definition) is 4. The van der Waals surface area contributed by atoms with Gasteiger partial charge in [-0.25, -0.2) is 4.98 Å². The number of fused-ring (bicyclic) bond motifs is 3. The Labute approximate surface area is 206 Å². The van der Waals surface area contributed by atoms with Crippen molar-refractivity contribution in [3.8, 4) is 28.6 Å². The van der Waals surface area contributed by atoms with E-state index in [4.69, 9.17) is 26.1 Å². The van der Waals surface area contributed by atoms with Crippen molar-refractivity contribution in [1.82, 2.24) is 14.9 Å². The molecule has 0 radical (unpaired) electrons. The van der Waals surface area contributed by atoms with Crippen LogP contribution in [0.1, 0.15) is 56.4 Å². The zero-order valence-electron chi connectivity index (χ0n) is 20.7. The molecule has 0 bridgehead atoms. The number of ether oxygens (including phenoxy) is 2. The fourth-order valence-electron chi connectivity index (χ4n) is 4.14. The van der Waals surface area contributed by atoms with Gasteiger partial charge in [0.15, 0.2) is 11.5 Å². The van der Waals surface area contributed by atoms with E-state index in [1.807, 2.05) is 50.2 Å². The molecule has 0 aliphatic carbocycles. The molecule has 2 aromatic carbocycles. The summed E-state index contributed by atoms with van der Waals surface area (Å²) in [6, 6.07) is 11.6. The van der Waals surface area contributed by atoms with Gasteiger partial charge in [0.05, 0.1) is 29.6 Å². The quantitative estimate of drug-likeness (QED) is 0.478. The highest BCUT2D eigenvalue weighted by Gasteiger charge is 2.30. The van der Waals surface area contributed by atoms with Gasteiger partial charge in [-0.2, -0.15) is 0 Å². The maximum absolute atomic E-state index is 13.3. The van der Waals surface area contributed by atoms with Gasteiger partial charge in [-0.1, -0.05) is 44.5 Å². The number of carbonyl (C=O) groups excluding carboxylic acids is 1. The highest BCUT2D eigenvalue weighted by molar-refractivity contribution is 6.33. The molecule has 0 saturated carbocycles. The van der Waals surface area contributed by atoms with Gasteiger partial charge in [0, 0.05) is 18.2 Å². The molecule has 4 rings (SSSR count). The lowest BCUT2D eigenvalue weighted by atomic mass is 9.96. The molecule has 3 aromatic rings. The van der Waals surface area contributed by atoms with E-state index in [0.29, 0.717) is 41.0 Å². The number of imidazole rings is 1. The number of halogens is 1. The van der Waals surface area contributed by atoms with Gasteiger partial charge < -0.3 is 14.8 Å². The van der Waals surface area contributed by atoms with E-state index in [2.05, 4.69) is 30.7 Å². The van der Waals surface area contributed by atoms with E-state index in [0.717, 1.165) is 28.9 Å². The zero-order chi connectivity index (χ0) is 24.6. The summed E-state index contributed by atoms with van der Waals surface area (Å²) in [4.78, 5) is 18.1. The predicted octanol–water partition coefficient (Wildman–Crippen LogP) is 5.86. The van der Waals surface area contributed by atoms with Crippen molar-refractivity contribution in [3.63, 3.8) is 0 Å². The summed E-state index contributed by atoms with van der Waals surface area (Å²) in [6.07, 6.45) is 1.43. The summed E-state index contributed by atoms with van der Waals surface area (Å²) in [7, 11) is 1.65. The van der Waals surface area contributed by atoms with Crippen molar-refractivity contribution >= 4 is 17.5 Å². The van der Waals surface area contributed by atoms with E-state index < -0.39 is 0 Å². The fourth-order valence-corrected chi connectivity index (χ4v) is 4.36. The Hall–Kier alpha value is -2.99. The molecule has 1 N–H and O–H groups in total. The first-order valence-electron chi connectivity index (χ1n) is 11.6. The molecule has 0 fully saturated rings. The van der Waals surface area contributed by atoms with Crippen molar-refractivity contribution in [1.29, 1.82) is 0 Å². The molecule has 180 valence electrons. The average Bonchev–Trinajstić information content (AvgIpc) is 3.16. The molecular weight excluding hydrogens is 450 g/mol. The molecule has 0 unspecified atom stereocenters. The van der Waals surface area contributed by atoms with Crippen LogP contribution in [0.15, 0.2) is 36.4 Å². The second kappa shape index (κ2) is 9.34. The molecule has 2 heterocycles. The minimum absolute atomic E-state index is 0.0143. The standard InChI is InChI=1S/C27H32ClN3O3/c1-16(2)34-23-14-21-17(13-22(23)33-6)11-12-20-24(26(32)29-15-27(3,4)5)30-25(31(20)21)18-9-7-8-10-19(18)28/h7-10,13-14,16H,11-12,15H2,1-6H3,(H,29,32). The number of rotatable bonds is 6. The number of benzene rings is 2. The van der Waals surface area contributed by atoms with Crippen LogP contribution in [-0.2, 0) is 12.8 Å². The van der Waals surface area contributed by atoms with Gasteiger partial charge in [0.1, 0.15) is 11.5 Å². The largest absolute Gasteiger partial charge is 0.493 e. The normalized spacial score (nSPS) is 12.8. The summed E-state index contributed by atoms with van der Waals surface area (Å²) >= 11 is 6.59. The highest BCUT2D eigenvalue weighted by atomic mass is 35.5. The van der Waals surface area contributed by atoms with E-state index in [1.54, 1.807) is 7.11 Å². The van der Waals surface area contributed by atoms with Crippen LogP contribution in [0.3, 0.4) is 0 Å². The van der Waals surface area contributed by atoms with Crippen LogP contribution in [0.5, 0.6) is 11.5 Å². The lowest BCUT2D eigenvalue weighted by Crippen LogP contribution is -2.33. The van der Waals surface area contributed by atoms with Crippen molar-refractivity contribution in [2.75, 3.05) is 13.7 Å². The summed E-state index contributed by atoms with van der Waals surface area (Å²) in [5.41, 5.74) is 4.08. The molecule has 6 nitrogen and oxygen atoms in total. The number of aromatic nitrogens is 2. The molecule has 0 atom stereocenters. The van der Waals surface area contributed by atoms with Gasteiger partial charge >= 0.3 is 0 Å². The lowest BCUT2D eigenvalue weighted by Gasteiger charge is -2.24. The van der Waals surface area contributed by atoms with E-state index in [9.17, 15) is 4.79 Å². The second-order valence-electron chi connectivity index (χ2n) is 10.1. The zero-order valence-corrected chi connectivity index (χ0v) is 21.4. The van der Waals surface area contributed by atoms with E-state index in [-0.39, 0.29) is 17.4 Å². The fraction of sp³-hybridized carbons (Fsp3) is 0.407. The summed E-state index contributed by atoms with van der Waals surface area (Å²) in [6.45, 7) is 10.8. The third kappa shape index (κ3) is 4.78. The average molecular weight is 482 g/mol. The van der Waals surface area contributed by atoms with Gasteiger partial charge in [-0.15, -0.1) is 0 Å². The monoisotopic (exact) mass is 481 g/mol. The molecule has 1 aromatic heterocycles. The van der Waals surface area contributed by atoms with Crippen molar-refractivity contribution in [3.05, 3.63) is 58.4 Å². The maximum Gasteiger partial charge on any atom is 0.271 e. The van der Waals surface area contributed by atoms with Gasteiger partial charge in [0.2, 0.25) is 0 Å². The van der Waals surface area contributed by atoms with E-state index in [1.165, 1.54) is 0 Å². The first-order valence-corrected chi connectivity index (χ1v) is 12.0. The Morgan fingerprint density at radius 3 is 2.56 bits per heavy atom. The molecule has 7 heteroatoms. The van der Waals surface area contributed by atoms with Crippen LogP contribution in [0.2, 0.25) is 5.02 Å². The number of carbonyl (C=O) groups is 1. The van der Waals surface area contributed by atoms with Crippen molar-refractivity contribution < 1.29 is 14.3 Å². The van der Waals surface area contributed by atoms with Gasteiger partial charge in [-0.3, -0.25) is 9.36 Å². The van der Waals surface area contributed by atoms with Gasteiger partial charge in [-0.05, 0) is 55.9 Å². The number of nitrogens with zero attached hydrogens (tertiary/aromatic N) is 2. The van der Waals surface area contributed by atoms with Crippen LogP contribution < -0.4 is 14.8 Å². The summed E-state index contributed by atoms with van der Waals surface area (Å²) in [5.74, 6) is 1.82. The maximum atomic E-state index is 13.3. The Bertz CT molecular complexity index is 1220. The smallest absolute Gasteiger partial charge is 0.271 e. The summed E-state index contributed by atoms with van der Waals surface area (Å²) in [5, 5.41) is 3.64. The van der Waals surface area contributed by atoms with Crippen LogP contribution in [-0.4, -0.2) is 35.2 Å². The molecular formula is C27H32ClN3O3. The van der Waals surface area contributed by atoms with Crippen LogP contribution in [0, 0.1) is 5.41 Å². The SMILES string of the molecule is COc1cc2c(cc1OC(C)C)-n1c(-c3ccccc3Cl)nc(C(=O)NCC(C)(C)C)c1CC2. The highest BCUT2D eigenvalue weighted by Crippen LogP contribution is 2.40. The first-order chi connectivity index (χ1) is 16.1. The Morgan fingerprint density at radius 2 is 1.91 bits per heavy atom. The van der Waals surface area contributed by atoms with Crippen LogP contribution in [0.4, 0.5) is 0 Å². The van der Waals surface area contributed by atoms with E-state index >= 15 is 0 Å². The molecule has 1 amide bonds. The topological polar surface area (TPSA) is 65.4 Å². The van der Waals surface area contributed by atoms with Gasteiger partial charge in [0.25, 0.3) is 5.91 Å². The number of nitrogens with one attached hydrogen (secondary N) is 1. The lowest BCUT2D eigenvalue weighted by molar-refractivity contribution is 0.0933. The second-order valence-corrected chi connectivity index (χ2v) is 10.5. The molecule has 0 saturated heterocycles. The number of methoxy groups -OCH3 is 1. The molecule has 0 spiro atoms. The Kier molecular flexibility index (Phi) is 6.63. The third-order valence-corrected chi connectivity index (χ3v) is 6.01. The summed E-state index contributed by atoms with van der Waals surface area (Å²) < 4.78 is 13.7. The van der Waals surface area contributed by atoms with Crippen LogP contribution >= 0.6 is 11.6 Å². The molecule has 1 aliphatic rings. The number of aryl methyl sites for hydroxylation is 1. The number of amides is 1.